The number of carbonyl (C=O) groups excluding carboxylic acids is 1. The molecule has 1 aromatic rings. The van der Waals surface area contributed by atoms with Crippen LogP contribution in [0.5, 0.6) is 0 Å². The van der Waals surface area contributed by atoms with E-state index in [2.05, 4.69) is 47.5 Å². The van der Waals surface area contributed by atoms with E-state index in [0.29, 0.717) is 25.0 Å². The molecule has 0 aromatic carbocycles. The van der Waals surface area contributed by atoms with Crippen LogP contribution < -0.4 is 10.6 Å². The first-order valence-corrected chi connectivity index (χ1v) is 8.80. The van der Waals surface area contributed by atoms with E-state index in [1.807, 2.05) is 11.6 Å². The Morgan fingerprint density at radius 2 is 1.92 bits per heavy atom. The number of hydrogen-bond donors (Lipinski definition) is 2. The van der Waals surface area contributed by atoms with Gasteiger partial charge < -0.3 is 15.4 Å². The number of nitrogens with one attached hydrogen (secondary N) is 2. The maximum absolute atomic E-state index is 12.0. The summed E-state index contributed by atoms with van der Waals surface area (Å²) in [6.45, 7) is 13.8. The van der Waals surface area contributed by atoms with Crippen molar-refractivity contribution in [3.05, 3.63) is 17.5 Å². The van der Waals surface area contributed by atoms with E-state index in [9.17, 15) is 4.79 Å². The molecule has 136 valence electrons. The van der Waals surface area contributed by atoms with Gasteiger partial charge in [0.2, 0.25) is 0 Å². The molecule has 1 aliphatic rings. The van der Waals surface area contributed by atoms with Gasteiger partial charge >= 0.3 is 6.03 Å². The number of urea groups is 1. The molecule has 1 aromatic heterocycles. The van der Waals surface area contributed by atoms with Crippen molar-refractivity contribution < 1.29 is 9.53 Å². The summed E-state index contributed by atoms with van der Waals surface area (Å²) in [7, 11) is 0. The van der Waals surface area contributed by atoms with Gasteiger partial charge in [-0.25, -0.2) is 4.79 Å². The highest BCUT2D eigenvalue weighted by molar-refractivity contribution is 5.73. The average Bonchev–Trinajstić information content (AvgIpc) is 2.88. The first-order chi connectivity index (χ1) is 11.5. The number of aryl methyl sites for hydroxylation is 2. The second-order valence-corrected chi connectivity index (χ2v) is 6.80. The van der Waals surface area contributed by atoms with Gasteiger partial charge in [-0.3, -0.25) is 9.58 Å². The SMILES string of the molecule is Cc1cc(C)n(C[C@H](C)CNC(=O)NC[C@@H](C)N2CCOCC2)n1. The van der Waals surface area contributed by atoms with Crippen LogP contribution in [-0.4, -0.2) is 66.1 Å². The summed E-state index contributed by atoms with van der Waals surface area (Å²) in [6.07, 6.45) is 0. The predicted octanol–water partition coefficient (Wildman–Crippen LogP) is 1.16. The molecule has 2 atom stereocenters. The molecule has 7 nitrogen and oxygen atoms in total. The van der Waals surface area contributed by atoms with Crippen LogP contribution in [0.25, 0.3) is 0 Å². The number of amides is 2. The summed E-state index contributed by atoms with van der Waals surface area (Å²) in [5, 5.41) is 10.4. The lowest BCUT2D eigenvalue weighted by Gasteiger charge is -2.32. The summed E-state index contributed by atoms with van der Waals surface area (Å²) < 4.78 is 7.35. The molecule has 0 radical (unpaired) electrons. The van der Waals surface area contributed by atoms with Crippen molar-refractivity contribution in [2.45, 2.75) is 40.3 Å². The molecule has 24 heavy (non-hydrogen) atoms. The van der Waals surface area contributed by atoms with Gasteiger partial charge in [0.1, 0.15) is 0 Å². The van der Waals surface area contributed by atoms with Crippen molar-refractivity contribution in [3.8, 4) is 0 Å². The molecule has 0 bridgehead atoms. The van der Waals surface area contributed by atoms with Crippen LogP contribution in [0.2, 0.25) is 0 Å². The van der Waals surface area contributed by atoms with Crippen molar-refractivity contribution in [1.29, 1.82) is 0 Å². The van der Waals surface area contributed by atoms with E-state index < -0.39 is 0 Å². The minimum Gasteiger partial charge on any atom is -0.379 e. The lowest BCUT2D eigenvalue weighted by atomic mass is 10.2. The van der Waals surface area contributed by atoms with E-state index in [1.54, 1.807) is 0 Å². The van der Waals surface area contributed by atoms with Crippen molar-refractivity contribution in [1.82, 2.24) is 25.3 Å². The Balaban J connectivity index is 1.64. The highest BCUT2D eigenvalue weighted by Crippen LogP contribution is 2.06. The van der Waals surface area contributed by atoms with Crippen LogP contribution in [0.1, 0.15) is 25.2 Å². The van der Waals surface area contributed by atoms with Gasteiger partial charge in [-0.2, -0.15) is 5.10 Å². The Kier molecular flexibility index (Phi) is 7.05. The van der Waals surface area contributed by atoms with Crippen molar-refractivity contribution in [2.24, 2.45) is 5.92 Å². The Morgan fingerprint density at radius 3 is 2.54 bits per heavy atom. The fourth-order valence-electron chi connectivity index (χ4n) is 2.94. The molecule has 1 saturated heterocycles. The number of ether oxygens (including phenoxy) is 1. The molecule has 2 heterocycles. The Hall–Kier alpha value is -1.60. The zero-order valence-electron chi connectivity index (χ0n) is 15.3. The third-order valence-corrected chi connectivity index (χ3v) is 4.43. The van der Waals surface area contributed by atoms with E-state index in [-0.39, 0.29) is 6.03 Å². The predicted molar refractivity (Wildman–Crippen MR) is 94.1 cm³/mol. The molecule has 1 aliphatic heterocycles. The maximum atomic E-state index is 12.0. The van der Waals surface area contributed by atoms with Crippen molar-refractivity contribution in [2.75, 3.05) is 39.4 Å². The van der Waals surface area contributed by atoms with E-state index in [0.717, 1.165) is 44.2 Å². The second-order valence-electron chi connectivity index (χ2n) is 6.80. The van der Waals surface area contributed by atoms with Gasteiger partial charge in [-0.05, 0) is 32.8 Å². The fraction of sp³-hybridized carbons (Fsp3) is 0.765. The summed E-state index contributed by atoms with van der Waals surface area (Å²) in [5.41, 5.74) is 2.19. The molecule has 2 rings (SSSR count). The largest absolute Gasteiger partial charge is 0.379 e. The van der Waals surface area contributed by atoms with E-state index in [1.165, 1.54) is 0 Å². The number of nitrogens with zero attached hydrogens (tertiary/aromatic N) is 3. The number of hydrogen-bond acceptors (Lipinski definition) is 4. The second kappa shape index (κ2) is 9.03. The number of rotatable bonds is 7. The lowest BCUT2D eigenvalue weighted by molar-refractivity contribution is 0.0209. The van der Waals surface area contributed by atoms with Gasteiger partial charge in [0.05, 0.1) is 18.9 Å². The van der Waals surface area contributed by atoms with Gasteiger partial charge in [0, 0.05) is 44.5 Å². The molecule has 2 N–H and O–H groups in total. The molecule has 1 fully saturated rings. The summed E-state index contributed by atoms with van der Waals surface area (Å²) in [4.78, 5) is 14.3. The third kappa shape index (κ3) is 5.79. The summed E-state index contributed by atoms with van der Waals surface area (Å²) >= 11 is 0. The van der Waals surface area contributed by atoms with Gasteiger partial charge in [-0.15, -0.1) is 0 Å². The fourth-order valence-corrected chi connectivity index (χ4v) is 2.94. The minimum atomic E-state index is -0.102. The lowest BCUT2D eigenvalue weighted by Crippen LogP contribution is -2.49. The van der Waals surface area contributed by atoms with E-state index >= 15 is 0 Å². The quantitative estimate of drug-likeness (QED) is 0.783. The van der Waals surface area contributed by atoms with Crippen molar-refractivity contribution >= 4 is 6.03 Å². The molecule has 0 spiro atoms. The number of morpholine rings is 1. The van der Waals surface area contributed by atoms with Crippen LogP contribution in [-0.2, 0) is 11.3 Å². The average molecular weight is 337 g/mol. The highest BCUT2D eigenvalue weighted by atomic mass is 16.5. The van der Waals surface area contributed by atoms with Gasteiger partial charge in [-0.1, -0.05) is 6.92 Å². The molecule has 0 saturated carbocycles. The zero-order chi connectivity index (χ0) is 17.5. The van der Waals surface area contributed by atoms with Crippen LogP contribution in [0, 0.1) is 19.8 Å². The molecule has 0 unspecified atom stereocenters. The number of aromatic nitrogens is 2. The third-order valence-electron chi connectivity index (χ3n) is 4.43. The minimum absolute atomic E-state index is 0.102. The van der Waals surface area contributed by atoms with E-state index in [4.69, 9.17) is 4.74 Å². The van der Waals surface area contributed by atoms with Gasteiger partial charge in [0.15, 0.2) is 0 Å². The molecule has 2 amide bonds. The Labute approximate surface area is 144 Å². The molecular weight excluding hydrogens is 306 g/mol. The highest BCUT2D eigenvalue weighted by Gasteiger charge is 2.17. The smallest absolute Gasteiger partial charge is 0.314 e. The first kappa shape index (κ1) is 18.7. The summed E-state index contributed by atoms with van der Waals surface area (Å²) in [5.74, 6) is 0.324. The molecule has 0 aliphatic carbocycles. The maximum Gasteiger partial charge on any atom is 0.314 e. The Bertz CT molecular complexity index is 525. The monoisotopic (exact) mass is 337 g/mol. The number of carbonyl (C=O) groups is 1. The topological polar surface area (TPSA) is 71.4 Å². The summed E-state index contributed by atoms with van der Waals surface area (Å²) in [6, 6.07) is 2.29. The first-order valence-electron chi connectivity index (χ1n) is 8.80. The van der Waals surface area contributed by atoms with Crippen LogP contribution in [0.3, 0.4) is 0 Å². The van der Waals surface area contributed by atoms with Crippen LogP contribution in [0.15, 0.2) is 6.07 Å². The normalized spacial score (nSPS) is 18.2. The van der Waals surface area contributed by atoms with Gasteiger partial charge in [0.25, 0.3) is 0 Å². The standard InChI is InChI=1S/C17H31N5O2/c1-13(12-22-15(3)9-14(2)20-22)10-18-17(23)19-11-16(4)21-5-7-24-8-6-21/h9,13,16H,5-8,10-12H2,1-4H3,(H2,18,19,23)/t13-,16-/m1/s1. The zero-order valence-corrected chi connectivity index (χ0v) is 15.3. The van der Waals surface area contributed by atoms with Crippen molar-refractivity contribution in [3.63, 3.8) is 0 Å². The Morgan fingerprint density at radius 1 is 1.25 bits per heavy atom. The van der Waals surface area contributed by atoms with Crippen LogP contribution >= 0.6 is 0 Å². The van der Waals surface area contributed by atoms with Crippen LogP contribution in [0.4, 0.5) is 4.79 Å². The molecule has 7 heteroatoms. The molecular formula is C17H31N5O2.